The van der Waals surface area contributed by atoms with Gasteiger partial charge < -0.3 is 10.1 Å². The molecule has 18 heavy (non-hydrogen) atoms. The average Bonchev–Trinajstić information content (AvgIpc) is 2.27. The lowest BCUT2D eigenvalue weighted by molar-refractivity contribution is 0.242. The number of hydrogen-bond donors (Lipinski definition) is 1. The van der Waals surface area contributed by atoms with E-state index in [1.807, 2.05) is 19.9 Å². The highest BCUT2D eigenvalue weighted by molar-refractivity contribution is 5.53. The fourth-order valence-electron chi connectivity index (χ4n) is 2.06. The summed E-state index contributed by atoms with van der Waals surface area (Å²) in [7, 11) is 0. The molecule has 0 heterocycles. The second-order valence-electron chi connectivity index (χ2n) is 5.42. The zero-order chi connectivity index (χ0) is 13.5. The molecule has 1 atom stereocenters. The van der Waals surface area contributed by atoms with Crippen LogP contribution in [0.5, 0.6) is 5.75 Å². The van der Waals surface area contributed by atoms with Crippen molar-refractivity contribution in [2.24, 2.45) is 5.92 Å². The van der Waals surface area contributed by atoms with Gasteiger partial charge in [-0.05, 0) is 56.9 Å². The van der Waals surface area contributed by atoms with Gasteiger partial charge in [0.2, 0.25) is 0 Å². The molecule has 1 unspecified atom stereocenters. The molecule has 1 aromatic carbocycles. The molecule has 0 saturated carbocycles. The molecule has 0 aliphatic heterocycles. The number of hydrogen-bond acceptors (Lipinski definition) is 2. The van der Waals surface area contributed by atoms with Crippen LogP contribution < -0.4 is 10.1 Å². The van der Waals surface area contributed by atoms with E-state index in [2.05, 4.69) is 38.2 Å². The molecule has 0 fully saturated rings. The van der Waals surface area contributed by atoms with E-state index in [1.54, 1.807) is 0 Å². The van der Waals surface area contributed by atoms with E-state index >= 15 is 0 Å². The van der Waals surface area contributed by atoms with Gasteiger partial charge in [-0.2, -0.15) is 0 Å². The number of rotatable bonds is 7. The lowest BCUT2D eigenvalue weighted by atomic mass is 10.1. The van der Waals surface area contributed by atoms with Gasteiger partial charge in [-0.15, -0.1) is 0 Å². The number of ether oxygens (including phenoxy) is 1. The second kappa shape index (κ2) is 7.30. The van der Waals surface area contributed by atoms with E-state index in [1.165, 1.54) is 24.1 Å². The van der Waals surface area contributed by atoms with Crippen LogP contribution in [0.4, 0.5) is 5.69 Å². The first-order valence-corrected chi connectivity index (χ1v) is 7.04. The van der Waals surface area contributed by atoms with Crippen LogP contribution in [-0.2, 0) is 0 Å². The largest absolute Gasteiger partial charge is 0.491 e. The van der Waals surface area contributed by atoms with Crippen LogP contribution >= 0.6 is 0 Å². The summed E-state index contributed by atoms with van der Waals surface area (Å²) in [6.07, 6.45) is 2.76. The number of nitrogens with one attached hydrogen (secondary N) is 1. The van der Waals surface area contributed by atoms with Crippen LogP contribution in [0.2, 0.25) is 0 Å². The molecule has 0 radical (unpaired) electrons. The van der Waals surface area contributed by atoms with Crippen molar-refractivity contribution in [3.8, 4) is 5.75 Å². The molecular formula is C16H27NO. The number of anilines is 1. The van der Waals surface area contributed by atoms with Crippen LogP contribution in [0.3, 0.4) is 0 Å². The van der Waals surface area contributed by atoms with Gasteiger partial charge in [-0.1, -0.05) is 20.3 Å². The Bertz CT molecular complexity index is 360. The monoisotopic (exact) mass is 249 g/mol. The summed E-state index contributed by atoms with van der Waals surface area (Å²) < 4.78 is 5.69. The molecule has 1 rings (SSSR count). The highest BCUT2D eigenvalue weighted by atomic mass is 16.5. The van der Waals surface area contributed by atoms with Crippen molar-refractivity contribution in [1.82, 2.24) is 0 Å². The average molecular weight is 249 g/mol. The van der Waals surface area contributed by atoms with Gasteiger partial charge in [-0.25, -0.2) is 0 Å². The van der Waals surface area contributed by atoms with Gasteiger partial charge in [0.05, 0.1) is 6.10 Å². The molecule has 1 aromatic rings. The lowest BCUT2D eigenvalue weighted by Gasteiger charge is -2.16. The Labute approximate surface area is 112 Å². The van der Waals surface area contributed by atoms with E-state index in [0.29, 0.717) is 0 Å². The Morgan fingerprint density at radius 3 is 2.50 bits per heavy atom. The standard InChI is InChI=1S/C16H27NO/c1-6-7-13(4)11-17-16-9-8-15(10-14(16)5)18-12(2)3/h8-10,12-13,17H,6-7,11H2,1-5H3. The van der Waals surface area contributed by atoms with Gasteiger partial charge in [0.25, 0.3) is 0 Å². The van der Waals surface area contributed by atoms with Crippen LogP contribution in [0, 0.1) is 12.8 Å². The summed E-state index contributed by atoms with van der Waals surface area (Å²) in [6.45, 7) is 11.8. The number of aryl methyl sites for hydroxylation is 1. The van der Waals surface area contributed by atoms with Gasteiger partial charge in [0, 0.05) is 12.2 Å². The SMILES string of the molecule is CCCC(C)CNc1ccc(OC(C)C)cc1C. The van der Waals surface area contributed by atoms with Crippen LogP contribution in [0.15, 0.2) is 18.2 Å². The summed E-state index contributed by atoms with van der Waals surface area (Å²) in [5, 5.41) is 3.52. The molecule has 1 N–H and O–H groups in total. The Kier molecular flexibility index (Phi) is 6.03. The Hall–Kier alpha value is -1.18. The molecule has 2 heteroatoms. The van der Waals surface area contributed by atoms with E-state index in [-0.39, 0.29) is 6.10 Å². The Balaban J connectivity index is 2.57. The van der Waals surface area contributed by atoms with Crippen molar-refractivity contribution in [3.63, 3.8) is 0 Å². The van der Waals surface area contributed by atoms with Crippen molar-refractivity contribution < 1.29 is 4.74 Å². The minimum absolute atomic E-state index is 0.229. The topological polar surface area (TPSA) is 21.3 Å². The van der Waals surface area contributed by atoms with Crippen molar-refractivity contribution in [1.29, 1.82) is 0 Å². The minimum atomic E-state index is 0.229. The van der Waals surface area contributed by atoms with Gasteiger partial charge >= 0.3 is 0 Å². The zero-order valence-electron chi connectivity index (χ0n) is 12.4. The summed E-state index contributed by atoms with van der Waals surface area (Å²) in [5.41, 5.74) is 2.46. The summed E-state index contributed by atoms with van der Waals surface area (Å²) >= 11 is 0. The predicted molar refractivity (Wildman–Crippen MR) is 79.5 cm³/mol. The van der Waals surface area contributed by atoms with E-state index in [9.17, 15) is 0 Å². The molecule has 2 nitrogen and oxygen atoms in total. The van der Waals surface area contributed by atoms with Gasteiger partial charge in [0.1, 0.15) is 5.75 Å². The molecule has 0 bridgehead atoms. The fraction of sp³-hybridized carbons (Fsp3) is 0.625. The maximum Gasteiger partial charge on any atom is 0.120 e. The van der Waals surface area contributed by atoms with E-state index < -0.39 is 0 Å². The molecule has 0 spiro atoms. The lowest BCUT2D eigenvalue weighted by Crippen LogP contribution is -2.12. The first-order chi connectivity index (χ1) is 8.52. The quantitative estimate of drug-likeness (QED) is 0.760. The first-order valence-electron chi connectivity index (χ1n) is 7.04. The van der Waals surface area contributed by atoms with E-state index in [0.717, 1.165) is 18.2 Å². The Morgan fingerprint density at radius 2 is 1.94 bits per heavy atom. The molecule has 0 saturated heterocycles. The maximum absolute atomic E-state index is 5.69. The Morgan fingerprint density at radius 1 is 1.22 bits per heavy atom. The smallest absolute Gasteiger partial charge is 0.120 e. The van der Waals surface area contributed by atoms with Crippen molar-refractivity contribution >= 4 is 5.69 Å². The molecule has 0 aliphatic rings. The van der Waals surface area contributed by atoms with Crippen molar-refractivity contribution in [2.45, 2.75) is 53.6 Å². The summed E-state index contributed by atoms with van der Waals surface area (Å²) in [4.78, 5) is 0. The summed E-state index contributed by atoms with van der Waals surface area (Å²) in [5.74, 6) is 1.68. The molecular weight excluding hydrogens is 222 g/mol. The van der Waals surface area contributed by atoms with Crippen LogP contribution in [0.25, 0.3) is 0 Å². The third-order valence-electron chi connectivity index (χ3n) is 2.99. The molecule has 0 aromatic heterocycles. The van der Waals surface area contributed by atoms with Crippen molar-refractivity contribution in [2.75, 3.05) is 11.9 Å². The first kappa shape index (κ1) is 14.9. The molecule has 102 valence electrons. The minimum Gasteiger partial charge on any atom is -0.491 e. The van der Waals surface area contributed by atoms with Crippen LogP contribution in [-0.4, -0.2) is 12.6 Å². The highest BCUT2D eigenvalue weighted by Crippen LogP contribution is 2.22. The zero-order valence-corrected chi connectivity index (χ0v) is 12.4. The predicted octanol–water partition coefficient (Wildman–Crippen LogP) is 4.63. The van der Waals surface area contributed by atoms with Gasteiger partial charge in [0.15, 0.2) is 0 Å². The highest BCUT2D eigenvalue weighted by Gasteiger charge is 2.04. The van der Waals surface area contributed by atoms with E-state index in [4.69, 9.17) is 4.74 Å². The van der Waals surface area contributed by atoms with Gasteiger partial charge in [-0.3, -0.25) is 0 Å². The maximum atomic E-state index is 5.69. The molecule has 0 amide bonds. The van der Waals surface area contributed by atoms with Crippen molar-refractivity contribution in [3.05, 3.63) is 23.8 Å². The normalized spacial score (nSPS) is 12.6. The second-order valence-corrected chi connectivity index (χ2v) is 5.42. The number of benzene rings is 1. The molecule has 0 aliphatic carbocycles. The fourth-order valence-corrected chi connectivity index (χ4v) is 2.06. The third-order valence-corrected chi connectivity index (χ3v) is 2.99. The summed E-state index contributed by atoms with van der Waals surface area (Å²) in [6, 6.07) is 6.26. The van der Waals surface area contributed by atoms with Crippen LogP contribution in [0.1, 0.15) is 46.1 Å². The third kappa shape index (κ3) is 4.99.